The Kier molecular flexibility index (Phi) is 8.32. The first kappa shape index (κ1) is 17.3. The second-order valence-corrected chi connectivity index (χ2v) is 5.30. The molecule has 0 aliphatic rings. The predicted octanol–water partition coefficient (Wildman–Crippen LogP) is 3.85. The van der Waals surface area contributed by atoms with Crippen LogP contribution in [0.25, 0.3) is 0 Å². The first-order valence-electron chi connectivity index (χ1n) is 7.91. The maximum Gasteiger partial charge on any atom is 0.315 e. The van der Waals surface area contributed by atoms with Crippen molar-refractivity contribution in [2.45, 2.75) is 59.0 Å². The van der Waals surface area contributed by atoms with Crippen molar-refractivity contribution in [1.82, 2.24) is 10.6 Å². The van der Waals surface area contributed by atoms with Gasteiger partial charge in [0, 0.05) is 12.6 Å². The summed E-state index contributed by atoms with van der Waals surface area (Å²) in [4.78, 5) is 11.8. The highest BCUT2D eigenvalue weighted by Crippen LogP contribution is 2.13. The average molecular weight is 292 g/mol. The van der Waals surface area contributed by atoms with Gasteiger partial charge in [-0.25, -0.2) is 4.79 Å². The minimum atomic E-state index is -0.110. The Morgan fingerprint density at radius 1 is 1.29 bits per heavy atom. The minimum Gasteiger partial charge on any atom is -0.494 e. The van der Waals surface area contributed by atoms with Gasteiger partial charge in [-0.05, 0) is 38.0 Å². The van der Waals surface area contributed by atoms with Crippen molar-refractivity contribution in [2.24, 2.45) is 0 Å². The van der Waals surface area contributed by atoms with Gasteiger partial charge in [0.15, 0.2) is 0 Å². The number of amides is 2. The minimum absolute atomic E-state index is 0.110. The summed E-state index contributed by atoms with van der Waals surface area (Å²) >= 11 is 0. The van der Waals surface area contributed by atoms with Crippen molar-refractivity contribution in [1.29, 1.82) is 0 Å². The number of hydrogen-bond acceptors (Lipinski definition) is 2. The molecule has 0 saturated heterocycles. The summed E-state index contributed by atoms with van der Waals surface area (Å²) in [6.07, 6.45) is 4.61. The smallest absolute Gasteiger partial charge is 0.315 e. The van der Waals surface area contributed by atoms with E-state index in [9.17, 15) is 4.79 Å². The number of benzene rings is 1. The fourth-order valence-corrected chi connectivity index (χ4v) is 2.14. The lowest BCUT2D eigenvalue weighted by Crippen LogP contribution is -2.40. The molecule has 1 atom stereocenters. The fraction of sp³-hybridized carbons (Fsp3) is 0.588. The SMILES string of the molecule is CCCCCC(C)NC(=O)NCc1cccc(OCC)c1. The zero-order chi connectivity index (χ0) is 15.5. The zero-order valence-electron chi connectivity index (χ0n) is 13.4. The fourth-order valence-electron chi connectivity index (χ4n) is 2.14. The Morgan fingerprint density at radius 2 is 2.10 bits per heavy atom. The van der Waals surface area contributed by atoms with E-state index in [2.05, 4.69) is 17.6 Å². The number of hydrogen-bond donors (Lipinski definition) is 2. The molecule has 0 heterocycles. The third-order valence-corrected chi connectivity index (χ3v) is 3.28. The summed E-state index contributed by atoms with van der Waals surface area (Å²) in [7, 11) is 0. The second-order valence-electron chi connectivity index (χ2n) is 5.30. The Bertz CT molecular complexity index is 421. The molecule has 1 unspecified atom stereocenters. The first-order valence-corrected chi connectivity index (χ1v) is 7.91. The molecule has 0 aliphatic carbocycles. The van der Waals surface area contributed by atoms with Crippen LogP contribution in [-0.2, 0) is 6.54 Å². The Labute approximate surface area is 128 Å². The Hall–Kier alpha value is -1.71. The molecular weight excluding hydrogens is 264 g/mol. The summed E-state index contributed by atoms with van der Waals surface area (Å²) in [5, 5.41) is 5.85. The van der Waals surface area contributed by atoms with Crippen molar-refractivity contribution < 1.29 is 9.53 Å². The number of rotatable bonds is 9. The molecule has 0 bridgehead atoms. The van der Waals surface area contributed by atoms with Gasteiger partial charge in [0.2, 0.25) is 0 Å². The van der Waals surface area contributed by atoms with E-state index in [0.29, 0.717) is 13.2 Å². The molecule has 1 rings (SSSR count). The lowest BCUT2D eigenvalue weighted by atomic mass is 10.1. The van der Waals surface area contributed by atoms with E-state index in [1.54, 1.807) is 0 Å². The average Bonchev–Trinajstić information content (AvgIpc) is 2.46. The van der Waals surface area contributed by atoms with Crippen LogP contribution in [0.5, 0.6) is 5.75 Å². The van der Waals surface area contributed by atoms with Crippen LogP contribution in [0.2, 0.25) is 0 Å². The monoisotopic (exact) mass is 292 g/mol. The van der Waals surface area contributed by atoms with E-state index in [0.717, 1.165) is 24.2 Å². The molecule has 0 saturated carbocycles. The van der Waals surface area contributed by atoms with E-state index < -0.39 is 0 Å². The van der Waals surface area contributed by atoms with Crippen LogP contribution in [0, 0.1) is 0 Å². The molecule has 118 valence electrons. The normalized spacial score (nSPS) is 11.8. The quantitative estimate of drug-likeness (QED) is 0.679. The maximum absolute atomic E-state index is 11.8. The van der Waals surface area contributed by atoms with Crippen LogP contribution >= 0.6 is 0 Å². The number of carbonyl (C=O) groups is 1. The Morgan fingerprint density at radius 3 is 2.81 bits per heavy atom. The highest BCUT2D eigenvalue weighted by Gasteiger charge is 2.06. The topological polar surface area (TPSA) is 50.4 Å². The molecule has 0 aliphatic heterocycles. The summed E-state index contributed by atoms with van der Waals surface area (Å²) < 4.78 is 5.44. The van der Waals surface area contributed by atoms with Crippen LogP contribution in [-0.4, -0.2) is 18.7 Å². The molecule has 2 N–H and O–H groups in total. The van der Waals surface area contributed by atoms with E-state index in [1.807, 2.05) is 38.1 Å². The summed E-state index contributed by atoms with van der Waals surface area (Å²) in [5.41, 5.74) is 1.04. The van der Waals surface area contributed by atoms with Crippen molar-refractivity contribution in [3.8, 4) is 5.75 Å². The van der Waals surface area contributed by atoms with Crippen molar-refractivity contribution in [2.75, 3.05) is 6.61 Å². The molecule has 1 aromatic rings. The molecule has 0 spiro atoms. The van der Waals surface area contributed by atoms with Gasteiger partial charge in [-0.15, -0.1) is 0 Å². The largest absolute Gasteiger partial charge is 0.494 e. The molecule has 0 fully saturated rings. The summed E-state index contributed by atoms with van der Waals surface area (Å²) in [6, 6.07) is 7.89. The molecule has 2 amide bonds. The standard InChI is InChI=1S/C17H28N2O2/c1-4-6-7-9-14(3)19-17(20)18-13-15-10-8-11-16(12-15)21-5-2/h8,10-12,14H,4-7,9,13H2,1-3H3,(H2,18,19,20). The van der Waals surface area contributed by atoms with Crippen molar-refractivity contribution in [3.63, 3.8) is 0 Å². The highest BCUT2D eigenvalue weighted by atomic mass is 16.5. The first-order chi connectivity index (χ1) is 10.2. The molecule has 21 heavy (non-hydrogen) atoms. The summed E-state index contributed by atoms with van der Waals surface area (Å²) in [5.74, 6) is 0.838. The highest BCUT2D eigenvalue weighted by molar-refractivity contribution is 5.74. The maximum atomic E-state index is 11.8. The lowest BCUT2D eigenvalue weighted by Gasteiger charge is -2.14. The molecule has 4 nitrogen and oxygen atoms in total. The van der Waals surface area contributed by atoms with E-state index in [4.69, 9.17) is 4.74 Å². The van der Waals surface area contributed by atoms with Gasteiger partial charge in [0.05, 0.1) is 6.61 Å². The van der Waals surface area contributed by atoms with Crippen LogP contribution in [0.1, 0.15) is 52.0 Å². The van der Waals surface area contributed by atoms with Crippen LogP contribution in [0.3, 0.4) is 0 Å². The zero-order valence-corrected chi connectivity index (χ0v) is 13.4. The van der Waals surface area contributed by atoms with E-state index in [1.165, 1.54) is 12.8 Å². The number of carbonyl (C=O) groups excluding carboxylic acids is 1. The van der Waals surface area contributed by atoms with Gasteiger partial charge < -0.3 is 15.4 Å². The van der Waals surface area contributed by atoms with Crippen molar-refractivity contribution >= 4 is 6.03 Å². The molecular formula is C17H28N2O2. The molecule has 0 radical (unpaired) electrons. The predicted molar refractivity (Wildman–Crippen MR) is 86.6 cm³/mol. The molecule has 4 heteroatoms. The van der Waals surface area contributed by atoms with E-state index in [-0.39, 0.29) is 12.1 Å². The number of urea groups is 1. The van der Waals surface area contributed by atoms with Crippen LogP contribution in [0.4, 0.5) is 4.79 Å². The number of unbranched alkanes of at least 4 members (excludes halogenated alkanes) is 2. The van der Waals surface area contributed by atoms with Gasteiger partial charge in [-0.2, -0.15) is 0 Å². The lowest BCUT2D eigenvalue weighted by molar-refractivity contribution is 0.236. The third-order valence-electron chi connectivity index (χ3n) is 3.28. The molecule has 1 aromatic carbocycles. The van der Waals surface area contributed by atoms with Gasteiger partial charge in [-0.3, -0.25) is 0 Å². The van der Waals surface area contributed by atoms with Gasteiger partial charge >= 0.3 is 6.03 Å². The second kappa shape index (κ2) is 10.1. The Balaban J connectivity index is 2.30. The van der Waals surface area contributed by atoms with Crippen LogP contribution < -0.4 is 15.4 Å². The van der Waals surface area contributed by atoms with Gasteiger partial charge in [0.1, 0.15) is 5.75 Å². The summed E-state index contributed by atoms with van der Waals surface area (Å²) in [6.45, 7) is 7.34. The van der Waals surface area contributed by atoms with Crippen LogP contribution in [0.15, 0.2) is 24.3 Å². The third kappa shape index (κ3) is 7.59. The number of ether oxygens (including phenoxy) is 1. The van der Waals surface area contributed by atoms with E-state index >= 15 is 0 Å². The number of nitrogens with one attached hydrogen (secondary N) is 2. The van der Waals surface area contributed by atoms with Gasteiger partial charge in [-0.1, -0.05) is 38.3 Å². The van der Waals surface area contributed by atoms with Crippen molar-refractivity contribution in [3.05, 3.63) is 29.8 Å². The van der Waals surface area contributed by atoms with Gasteiger partial charge in [0.25, 0.3) is 0 Å². The molecule has 0 aromatic heterocycles.